The van der Waals surface area contributed by atoms with Crippen molar-refractivity contribution in [1.82, 2.24) is 5.32 Å². The molecule has 0 radical (unpaired) electrons. The van der Waals surface area contributed by atoms with Gasteiger partial charge in [-0.25, -0.2) is 4.79 Å². The van der Waals surface area contributed by atoms with Gasteiger partial charge < -0.3 is 15.4 Å². The van der Waals surface area contributed by atoms with Gasteiger partial charge in [0.05, 0.1) is 0 Å². The molecule has 0 aliphatic rings. The van der Waals surface area contributed by atoms with Gasteiger partial charge in [-0.05, 0) is 51.8 Å². The summed E-state index contributed by atoms with van der Waals surface area (Å²) < 4.78 is 5.18. The molecule has 0 heterocycles. The molecule has 0 spiro atoms. The lowest BCUT2D eigenvalue weighted by atomic mass is 10.1. The van der Waals surface area contributed by atoms with E-state index in [9.17, 15) is 9.59 Å². The minimum Gasteiger partial charge on any atom is -0.444 e. The van der Waals surface area contributed by atoms with Crippen LogP contribution in [0.15, 0.2) is 30.4 Å². The van der Waals surface area contributed by atoms with Crippen molar-refractivity contribution >= 4 is 17.7 Å². The zero-order valence-corrected chi connectivity index (χ0v) is 13.9. The van der Waals surface area contributed by atoms with E-state index in [0.29, 0.717) is 12.1 Å². The van der Waals surface area contributed by atoms with Crippen molar-refractivity contribution in [2.75, 3.05) is 5.32 Å². The van der Waals surface area contributed by atoms with E-state index in [1.807, 2.05) is 45.9 Å². The molecule has 5 heteroatoms. The first-order chi connectivity index (χ1) is 10.1. The molecule has 0 aromatic heterocycles. The molecule has 2 amide bonds. The first-order valence-corrected chi connectivity index (χ1v) is 7.12. The van der Waals surface area contributed by atoms with Gasteiger partial charge in [0.25, 0.3) is 5.91 Å². The lowest BCUT2D eigenvalue weighted by molar-refractivity contribution is -0.112. The Hall–Kier alpha value is -2.30. The fourth-order valence-corrected chi connectivity index (χ4v) is 1.69. The van der Waals surface area contributed by atoms with Crippen LogP contribution in [0.2, 0.25) is 0 Å². The standard InChI is InChI=1S/C17H24N2O3/c1-11(2)15(20)19-14-8-7-13(9-12(14)3)10-18-16(21)22-17(4,5)6/h7-9H,1,10H2,2-6H3,(H,18,21)(H,19,20). The molecule has 0 saturated heterocycles. The van der Waals surface area contributed by atoms with Crippen LogP contribution in [0.5, 0.6) is 0 Å². The van der Waals surface area contributed by atoms with Gasteiger partial charge in [0.15, 0.2) is 0 Å². The number of anilines is 1. The molecular weight excluding hydrogens is 280 g/mol. The van der Waals surface area contributed by atoms with Crippen LogP contribution in [0.4, 0.5) is 10.5 Å². The van der Waals surface area contributed by atoms with Crippen LogP contribution >= 0.6 is 0 Å². The average molecular weight is 304 g/mol. The van der Waals surface area contributed by atoms with Crippen molar-refractivity contribution in [3.63, 3.8) is 0 Å². The second-order valence-electron chi connectivity index (χ2n) is 6.24. The molecule has 1 aromatic carbocycles. The smallest absolute Gasteiger partial charge is 0.407 e. The highest BCUT2D eigenvalue weighted by Gasteiger charge is 2.15. The SMILES string of the molecule is C=C(C)C(=O)Nc1ccc(CNC(=O)OC(C)(C)C)cc1C. The summed E-state index contributed by atoms with van der Waals surface area (Å²) in [6, 6.07) is 5.56. The van der Waals surface area contributed by atoms with E-state index in [2.05, 4.69) is 17.2 Å². The summed E-state index contributed by atoms with van der Waals surface area (Å²) in [7, 11) is 0. The summed E-state index contributed by atoms with van der Waals surface area (Å²) in [5.41, 5.74) is 2.51. The number of nitrogens with one attached hydrogen (secondary N) is 2. The van der Waals surface area contributed by atoms with Gasteiger partial charge in [0.1, 0.15) is 5.60 Å². The second-order valence-corrected chi connectivity index (χ2v) is 6.24. The number of aryl methyl sites for hydroxylation is 1. The van der Waals surface area contributed by atoms with Crippen molar-refractivity contribution in [2.24, 2.45) is 0 Å². The van der Waals surface area contributed by atoms with Gasteiger partial charge >= 0.3 is 6.09 Å². The second kappa shape index (κ2) is 7.11. The zero-order chi connectivity index (χ0) is 16.9. The van der Waals surface area contributed by atoms with Gasteiger partial charge in [-0.2, -0.15) is 0 Å². The van der Waals surface area contributed by atoms with Crippen molar-refractivity contribution in [1.29, 1.82) is 0 Å². The third kappa shape index (κ3) is 5.99. The van der Waals surface area contributed by atoms with Crippen LogP contribution < -0.4 is 10.6 Å². The van der Waals surface area contributed by atoms with E-state index < -0.39 is 11.7 Å². The fraction of sp³-hybridized carbons (Fsp3) is 0.412. The van der Waals surface area contributed by atoms with Crippen molar-refractivity contribution in [3.05, 3.63) is 41.5 Å². The van der Waals surface area contributed by atoms with Gasteiger partial charge in [0, 0.05) is 17.8 Å². The molecule has 0 unspecified atom stereocenters. The van der Waals surface area contributed by atoms with Gasteiger partial charge in [-0.15, -0.1) is 0 Å². The van der Waals surface area contributed by atoms with Crippen molar-refractivity contribution in [2.45, 2.75) is 46.8 Å². The third-order valence-electron chi connectivity index (χ3n) is 2.76. The molecular formula is C17H24N2O3. The van der Waals surface area contributed by atoms with E-state index in [-0.39, 0.29) is 5.91 Å². The number of amides is 2. The van der Waals surface area contributed by atoms with E-state index in [1.54, 1.807) is 6.92 Å². The maximum absolute atomic E-state index is 11.6. The molecule has 0 aliphatic heterocycles. The Morgan fingerprint density at radius 1 is 1.27 bits per heavy atom. The molecule has 1 rings (SSSR count). The van der Waals surface area contributed by atoms with Crippen LogP contribution in [0.25, 0.3) is 0 Å². The first-order valence-electron chi connectivity index (χ1n) is 7.12. The normalized spacial score (nSPS) is 10.8. The minimum atomic E-state index is -0.517. The molecule has 0 fully saturated rings. The van der Waals surface area contributed by atoms with Crippen LogP contribution in [-0.4, -0.2) is 17.6 Å². The molecule has 0 bridgehead atoms. The molecule has 0 atom stereocenters. The van der Waals surface area contributed by atoms with Crippen LogP contribution in [0.1, 0.15) is 38.8 Å². The summed E-state index contributed by atoms with van der Waals surface area (Å²) in [6.07, 6.45) is -0.454. The van der Waals surface area contributed by atoms with Crippen LogP contribution in [-0.2, 0) is 16.1 Å². The maximum Gasteiger partial charge on any atom is 0.407 e. The molecule has 0 aliphatic carbocycles. The Morgan fingerprint density at radius 2 is 1.91 bits per heavy atom. The predicted octanol–water partition coefficient (Wildman–Crippen LogP) is 3.53. The lowest BCUT2D eigenvalue weighted by Gasteiger charge is -2.19. The fourth-order valence-electron chi connectivity index (χ4n) is 1.69. The van der Waals surface area contributed by atoms with E-state index in [0.717, 1.165) is 16.8 Å². The van der Waals surface area contributed by atoms with Gasteiger partial charge in [-0.3, -0.25) is 4.79 Å². The quantitative estimate of drug-likeness (QED) is 0.836. The average Bonchev–Trinajstić information content (AvgIpc) is 2.37. The van der Waals surface area contributed by atoms with Crippen LogP contribution in [0, 0.1) is 6.92 Å². The Labute approximate surface area is 131 Å². The minimum absolute atomic E-state index is 0.206. The molecule has 5 nitrogen and oxygen atoms in total. The van der Waals surface area contributed by atoms with E-state index >= 15 is 0 Å². The first kappa shape index (κ1) is 17.8. The number of ether oxygens (including phenoxy) is 1. The highest BCUT2D eigenvalue weighted by Crippen LogP contribution is 2.17. The molecule has 1 aromatic rings. The van der Waals surface area contributed by atoms with E-state index in [1.165, 1.54) is 0 Å². The summed E-state index contributed by atoms with van der Waals surface area (Å²) in [5, 5.41) is 5.48. The zero-order valence-electron chi connectivity index (χ0n) is 13.9. The number of hydrogen-bond acceptors (Lipinski definition) is 3. The Balaban J connectivity index is 2.64. The largest absolute Gasteiger partial charge is 0.444 e. The van der Waals surface area contributed by atoms with Gasteiger partial charge in [-0.1, -0.05) is 18.7 Å². The molecule has 22 heavy (non-hydrogen) atoms. The number of carbonyl (C=O) groups excluding carboxylic acids is 2. The highest BCUT2D eigenvalue weighted by molar-refractivity contribution is 6.03. The number of hydrogen-bond donors (Lipinski definition) is 2. The number of alkyl carbamates (subject to hydrolysis) is 1. The Morgan fingerprint density at radius 3 is 2.41 bits per heavy atom. The highest BCUT2D eigenvalue weighted by atomic mass is 16.6. The number of carbonyl (C=O) groups is 2. The Kier molecular flexibility index (Phi) is 5.74. The maximum atomic E-state index is 11.6. The summed E-state index contributed by atoms with van der Waals surface area (Å²) in [4.78, 5) is 23.2. The monoisotopic (exact) mass is 304 g/mol. The molecule has 120 valence electrons. The number of rotatable bonds is 4. The number of benzene rings is 1. The molecule has 0 saturated carbocycles. The van der Waals surface area contributed by atoms with E-state index in [4.69, 9.17) is 4.74 Å². The lowest BCUT2D eigenvalue weighted by Crippen LogP contribution is -2.32. The molecule has 2 N–H and O–H groups in total. The summed E-state index contributed by atoms with van der Waals surface area (Å²) >= 11 is 0. The summed E-state index contributed by atoms with van der Waals surface area (Å²) in [5.74, 6) is -0.206. The predicted molar refractivity (Wildman–Crippen MR) is 87.7 cm³/mol. The topological polar surface area (TPSA) is 67.4 Å². The van der Waals surface area contributed by atoms with Crippen molar-refractivity contribution in [3.8, 4) is 0 Å². The van der Waals surface area contributed by atoms with Crippen molar-refractivity contribution < 1.29 is 14.3 Å². The van der Waals surface area contributed by atoms with Gasteiger partial charge in [0.2, 0.25) is 0 Å². The Bertz CT molecular complexity index is 586. The third-order valence-corrected chi connectivity index (χ3v) is 2.76. The summed E-state index contributed by atoms with van der Waals surface area (Å²) in [6.45, 7) is 13.0. The van der Waals surface area contributed by atoms with Crippen LogP contribution in [0.3, 0.4) is 0 Å².